The molecule has 10 heteroatoms. The number of halogens is 2. The van der Waals surface area contributed by atoms with Gasteiger partial charge >= 0.3 is 6.09 Å². The quantitative estimate of drug-likeness (QED) is 0.617. The van der Waals surface area contributed by atoms with Crippen molar-refractivity contribution in [1.29, 1.82) is 0 Å². The first-order chi connectivity index (χ1) is 16.1. The fourth-order valence-electron chi connectivity index (χ4n) is 4.10. The molecule has 2 aromatic carbocycles. The highest BCUT2D eigenvalue weighted by molar-refractivity contribution is 7.90. The van der Waals surface area contributed by atoms with Crippen molar-refractivity contribution in [2.75, 3.05) is 7.05 Å². The van der Waals surface area contributed by atoms with Crippen LogP contribution in [0.3, 0.4) is 0 Å². The van der Waals surface area contributed by atoms with Crippen LogP contribution >= 0.6 is 0 Å². The van der Waals surface area contributed by atoms with E-state index < -0.39 is 44.1 Å². The number of sulfonamides is 1. The average molecular weight is 508 g/mol. The lowest BCUT2D eigenvalue weighted by molar-refractivity contribution is 0.0601. The summed E-state index contributed by atoms with van der Waals surface area (Å²) in [6.45, 7) is 10.5. The van der Waals surface area contributed by atoms with Gasteiger partial charge in [0.05, 0.1) is 5.54 Å². The number of benzene rings is 2. The number of guanidine groups is 1. The van der Waals surface area contributed by atoms with Crippen molar-refractivity contribution in [2.24, 2.45) is 4.99 Å². The molecule has 190 valence electrons. The number of carbonyl (C=O) groups excluding carboxylic acids is 1. The minimum atomic E-state index is -4.24. The summed E-state index contributed by atoms with van der Waals surface area (Å²) in [6.07, 6.45) is -1.01. The molecule has 2 aromatic rings. The minimum Gasteiger partial charge on any atom is -0.442 e. The van der Waals surface area contributed by atoms with Gasteiger partial charge in [0, 0.05) is 18.7 Å². The molecule has 1 amide bonds. The molecule has 0 unspecified atom stereocenters. The van der Waals surface area contributed by atoms with E-state index in [0.29, 0.717) is 11.6 Å². The molecule has 1 fully saturated rings. The van der Waals surface area contributed by atoms with Gasteiger partial charge in [0.15, 0.2) is 0 Å². The van der Waals surface area contributed by atoms with Crippen molar-refractivity contribution in [2.45, 2.75) is 63.9 Å². The predicted molar refractivity (Wildman–Crippen MR) is 130 cm³/mol. The Balaban J connectivity index is 2.23. The van der Waals surface area contributed by atoms with Crippen molar-refractivity contribution in [3.63, 3.8) is 0 Å². The van der Waals surface area contributed by atoms with E-state index in [1.807, 2.05) is 26.0 Å². The molecule has 1 aliphatic heterocycles. The predicted octanol–water partition coefficient (Wildman–Crippen LogP) is 5.20. The monoisotopic (exact) mass is 507 g/mol. The van der Waals surface area contributed by atoms with Crippen LogP contribution in [0.1, 0.15) is 69.4 Å². The Kier molecular flexibility index (Phi) is 7.00. The maximum atomic E-state index is 15.1. The standard InChI is InChI=1S/C25H31F2N3O4S/c1-15(2)16-8-10-17(11-9-16)21-25(6,19-13-12-18(26)14-20(19)27)29-22(30(7)35(21,32)33)28-23(31)34-24(3,4)5/h8-15,21H,1-7H3,(H,28,29,31)/t21-,25-/m1/s1. The summed E-state index contributed by atoms with van der Waals surface area (Å²) in [5.74, 6) is -1.84. The molecule has 0 aromatic heterocycles. The van der Waals surface area contributed by atoms with E-state index in [9.17, 15) is 17.6 Å². The maximum Gasteiger partial charge on any atom is 0.437 e. The van der Waals surface area contributed by atoms with E-state index in [4.69, 9.17) is 4.74 Å². The zero-order valence-corrected chi connectivity index (χ0v) is 21.7. The van der Waals surface area contributed by atoms with Crippen LogP contribution in [0, 0.1) is 11.6 Å². The fourth-order valence-corrected chi connectivity index (χ4v) is 6.03. The number of hydrogen-bond acceptors (Lipinski definition) is 4. The summed E-state index contributed by atoms with van der Waals surface area (Å²) in [4.78, 5) is 16.2. The summed E-state index contributed by atoms with van der Waals surface area (Å²) >= 11 is 0. The van der Waals surface area contributed by atoms with Crippen LogP contribution in [0.5, 0.6) is 0 Å². The normalized spacial score (nSPS) is 23.3. The molecule has 1 aliphatic rings. The molecule has 0 saturated carbocycles. The van der Waals surface area contributed by atoms with Gasteiger partial charge in [-0.1, -0.05) is 44.2 Å². The topological polar surface area (TPSA) is 88.1 Å². The first kappa shape index (κ1) is 26.6. The zero-order valence-electron chi connectivity index (χ0n) is 20.9. The van der Waals surface area contributed by atoms with Gasteiger partial charge in [-0.15, -0.1) is 4.99 Å². The number of carbonyl (C=O) groups is 1. The number of rotatable bonds is 3. The van der Waals surface area contributed by atoms with Crippen LogP contribution in [0.15, 0.2) is 47.5 Å². The average Bonchev–Trinajstić information content (AvgIpc) is 2.70. The van der Waals surface area contributed by atoms with Gasteiger partial charge in [-0.05, 0) is 50.8 Å². The van der Waals surface area contributed by atoms with Gasteiger partial charge in [0.1, 0.15) is 22.5 Å². The second-order valence-electron chi connectivity index (χ2n) is 10.1. The second-order valence-corrected chi connectivity index (χ2v) is 12.1. The Morgan fingerprint density at radius 2 is 1.74 bits per heavy atom. The lowest BCUT2D eigenvalue weighted by Gasteiger charge is -2.46. The molecule has 0 aliphatic carbocycles. The number of hydrogen-bond donors (Lipinski definition) is 1. The second kappa shape index (κ2) is 9.22. The third kappa shape index (κ3) is 5.32. The molecular formula is C25H31F2N3O4S. The Bertz CT molecular complexity index is 1250. The van der Waals surface area contributed by atoms with E-state index in [2.05, 4.69) is 10.3 Å². The van der Waals surface area contributed by atoms with Crippen molar-refractivity contribution in [3.8, 4) is 0 Å². The van der Waals surface area contributed by atoms with Crippen LogP contribution in [-0.2, 0) is 20.3 Å². The van der Waals surface area contributed by atoms with E-state index in [1.165, 1.54) is 20.0 Å². The van der Waals surface area contributed by atoms with Gasteiger partial charge in [0.25, 0.3) is 0 Å². The molecule has 7 nitrogen and oxygen atoms in total. The van der Waals surface area contributed by atoms with Crippen molar-refractivity contribution >= 4 is 22.1 Å². The summed E-state index contributed by atoms with van der Waals surface area (Å²) in [5, 5.41) is 1.63. The summed E-state index contributed by atoms with van der Waals surface area (Å²) in [7, 11) is -2.99. The van der Waals surface area contributed by atoms with Gasteiger partial charge in [-0.25, -0.2) is 26.3 Å². The van der Waals surface area contributed by atoms with Crippen molar-refractivity contribution in [1.82, 2.24) is 9.62 Å². The van der Waals surface area contributed by atoms with Gasteiger partial charge in [-0.2, -0.15) is 0 Å². The highest BCUT2D eigenvalue weighted by Gasteiger charge is 2.54. The summed E-state index contributed by atoms with van der Waals surface area (Å²) < 4.78 is 62.5. The number of ether oxygens (including phenoxy) is 1. The molecule has 1 heterocycles. The first-order valence-corrected chi connectivity index (χ1v) is 12.7. The SMILES string of the molecule is CC(C)c1ccc([C@@H]2[C@@](C)(c3ccc(F)cc3F)N/C(=N\C(=O)OC(C)(C)C)N(C)S2(=O)=O)cc1. The number of amides is 1. The summed E-state index contributed by atoms with van der Waals surface area (Å²) in [5.41, 5.74) is -1.20. The van der Waals surface area contributed by atoms with Crippen molar-refractivity contribution in [3.05, 3.63) is 70.8 Å². The number of aliphatic imine (C=N–C) groups is 1. The molecule has 1 N–H and O–H groups in total. The van der Waals surface area contributed by atoms with Crippen LogP contribution in [0.25, 0.3) is 0 Å². The van der Waals surface area contributed by atoms with E-state index in [-0.39, 0.29) is 17.4 Å². The Hall–Kier alpha value is -3.01. The van der Waals surface area contributed by atoms with Gasteiger partial charge < -0.3 is 10.1 Å². The van der Waals surface area contributed by atoms with Gasteiger partial charge in [-0.3, -0.25) is 0 Å². The zero-order chi connectivity index (χ0) is 26.3. The highest BCUT2D eigenvalue weighted by Crippen LogP contribution is 2.45. The minimum absolute atomic E-state index is 0.0922. The number of nitrogens with zero attached hydrogens (tertiary/aromatic N) is 2. The lowest BCUT2D eigenvalue weighted by atomic mass is 9.84. The molecule has 0 radical (unpaired) electrons. The Morgan fingerprint density at radius 1 is 1.14 bits per heavy atom. The van der Waals surface area contributed by atoms with Gasteiger partial charge in [0.2, 0.25) is 16.0 Å². The van der Waals surface area contributed by atoms with Crippen LogP contribution in [-0.4, -0.2) is 37.4 Å². The first-order valence-electron chi connectivity index (χ1n) is 11.2. The van der Waals surface area contributed by atoms with Crippen LogP contribution in [0.4, 0.5) is 13.6 Å². The molecule has 3 rings (SSSR count). The van der Waals surface area contributed by atoms with E-state index in [0.717, 1.165) is 15.9 Å². The third-order valence-corrected chi connectivity index (χ3v) is 8.14. The van der Waals surface area contributed by atoms with E-state index >= 15 is 4.39 Å². The maximum absolute atomic E-state index is 15.1. The molecule has 0 bridgehead atoms. The molecule has 0 spiro atoms. The summed E-state index contributed by atoms with van der Waals surface area (Å²) in [6, 6.07) is 9.95. The van der Waals surface area contributed by atoms with Crippen LogP contribution in [0.2, 0.25) is 0 Å². The fraction of sp³-hybridized carbons (Fsp3) is 0.440. The lowest BCUT2D eigenvalue weighted by Crippen LogP contribution is -2.63. The largest absolute Gasteiger partial charge is 0.442 e. The Morgan fingerprint density at radius 3 is 2.26 bits per heavy atom. The third-order valence-electron chi connectivity index (χ3n) is 5.86. The smallest absolute Gasteiger partial charge is 0.437 e. The molecule has 2 atom stereocenters. The molecular weight excluding hydrogens is 476 g/mol. The molecule has 35 heavy (non-hydrogen) atoms. The van der Waals surface area contributed by atoms with Crippen molar-refractivity contribution < 1.29 is 26.7 Å². The number of nitrogens with one attached hydrogen (secondary N) is 1. The highest BCUT2D eigenvalue weighted by atomic mass is 32.2. The Labute approximate surface area is 205 Å². The van der Waals surface area contributed by atoms with Crippen LogP contribution < -0.4 is 5.32 Å². The van der Waals surface area contributed by atoms with E-state index in [1.54, 1.807) is 32.9 Å². The molecule has 1 saturated heterocycles.